The standard InChI is InChI=1S/C19H29NSi/c1-4-5-14-20-15-21(17-10-7-6-8-11-17)19-13-9-12-18(19)16(2)3/h6-12,16,20-21H,4-5,13-15H2,1-3H3. The van der Waals surface area contributed by atoms with Gasteiger partial charge in [-0.3, -0.25) is 0 Å². The van der Waals surface area contributed by atoms with E-state index in [0.717, 1.165) is 6.54 Å². The second kappa shape index (κ2) is 8.35. The molecule has 1 aliphatic carbocycles. The molecule has 114 valence electrons. The monoisotopic (exact) mass is 299 g/mol. The van der Waals surface area contributed by atoms with Crippen molar-refractivity contribution in [3.63, 3.8) is 0 Å². The van der Waals surface area contributed by atoms with Crippen LogP contribution in [0.5, 0.6) is 0 Å². The van der Waals surface area contributed by atoms with Gasteiger partial charge in [-0.2, -0.15) is 0 Å². The van der Waals surface area contributed by atoms with E-state index in [9.17, 15) is 0 Å². The van der Waals surface area contributed by atoms with E-state index in [1.54, 1.807) is 16.0 Å². The molecular weight excluding hydrogens is 270 g/mol. The van der Waals surface area contributed by atoms with Gasteiger partial charge in [0.05, 0.1) is 0 Å². The van der Waals surface area contributed by atoms with E-state index >= 15 is 0 Å². The van der Waals surface area contributed by atoms with Crippen LogP contribution in [0.15, 0.2) is 53.3 Å². The van der Waals surface area contributed by atoms with E-state index in [0.29, 0.717) is 5.92 Å². The fraction of sp³-hybridized carbons (Fsp3) is 0.474. The summed E-state index contributed by atoms with van der Waals surface area (Å²) in [4.78, 5) is 0. The van der Waals surface area contributed by atoms with E-state index in [4.69, 9.17) is 0 Å². The lowest BCUT2D eigenvalue weighted by Crippen LogP contribution is -2.43. The smallest absolute Gasteiger partial charge is 0.112 e. The molecule has 0 saturated heterocycles. The second-order valence-corrected chi connectivity index (χ2v) is 9.14. The first-order chi connectivity index (χ1) is 10.2. The summed E-state index contributed by atoms with van der Waals surface area (Å²) >= 11 is 0. The number of hydrogen-bond donors (Lipinski definition) is 1. The van der Waals surface area contributed by atoms with Gasteiger partial charge >= 0.3 is 0 Å². The zero-order chi connectivity index (χ0) is 15.1. The maximum atomic E-state index is 3.72. The van der Waals surface area contributed by atoms with Crippen molar-refractivity contribution in [2.45, 2.75) is 40.0 Å². The SMILES string of the molecule is CCCCNC[SiH](C1=C(C(C)C)C=CC1)c1ccccc1. The number of allylic oxidation sites excluding steroid dienone is 4. The van der Waals surface area contributed by atoms with Crippen molar-refractivity contribution in [3.05, 3.63) is 53.3 Å². The Labute approximate surface area is 131 Å². The lowest BCUT2D eigenvalue weighted by atomic mass is 10.1. The van der Waals surface area contributed by atoms with E-state index < -0.39 is 8.80 Å². The molecule has 0 radical (unpaired) electrons. The van der Waals surface area contributed by atoms with Gasteiger partial charge in [-0.05, 0) is 37.0 Å². The molecule has 0 aliphatic heterocycles. The summed E-state index contributed by atoms with van der Waals surface area (Å²) in [5.74, 6) is 0.646. The predicted molar refractivity (Wildman–Crippen MR) is 96.6 cm³/mol. The minimum atomic E-state index is -1.10. The zero-order valence-corrected chi connectivity index (χ0v) is 14.9. The zero-order valence-electron chi connectivity index (χ0n) is 13.7. The molecule has 0 fully saturated rings. The first kappa shape index (κ1) is 16.3. The van der Waals surface area contributed by atoms with Gasteiger partial charge in [-0.1, -0.05) is 80.1 Å². The van der Waals surface area contributed by atoms with E-state index in [1.165, 1.54) is 25.4 Å². The van der Waals surface area contributed by atoms with Crippen LogP contribution in [0.3, 0.4) is 0 Å². The van der Waals surface area contributed by atoms with Gasteiger partial charge < -0.3 is 5.32 Å². The Balaban J connectivity index is 2.18. The largest absolute Gasteiger partial charge is 0.319 e. The minimum absolute atomic E-state index is 0.646. The summed E-state index contributed by atoms with van der Waals surface area (Å²) in [6.45, 7) is 8.07. The van der Waals surface area contributed by atoms with Crippen LogP contribution in [0.25, 0.3) is 0 Å². The van der Waals surface area contributed by atoms with E-state index in [2.05, 4.69) is 68.6 Å². The molecule has 1 atom stereocenters. The molecule has 0 spiro atoms. The fourth-order valence-electron chi connectivity index (χ4n) is 3.12. The maximum absolute atomic E-state index is 3.72. The highest BCUT2D eigenvalue weighted by atomic mass is 28.3. The average Bonchev–Trinajstić information content (AvgIpc) is 2.98. The number of nitrogens with one attached hydrogen (secondary N) is 1. The molecule has 0 aromatic heterocycles. The highest BCUT2D eigenvalue weighted by Crippen LogP contribution is 2.27. The quantitative estimate of drug-likeness (QED) is 0.572. The minimum Gasteiger partial charge on any atom is -0.319 e. The van der Waals surface area contributed by atoms with Crippen molar-refractivity contribution in [2.75, 3.05) is 12.7 Å². The van der Waals surface area contributed by atoms with Crippen molar-refractivity contribution in [1.82, 2.24) is 5.32 Å². The summed E-state index contributed by atoms with van der Waals surface area (Å²) in [7, 11) is -1.10. The Morgan fingerprint density at radius 3 is 2.62 bits per heavy atom. The molecule has 1 aromatic rings. The van der Waals surface area contributed by atoms with Crippen molar-refractivity contribution in [1.29, 1.82) is 0 Å². The molecule has 0 saturated carbocycles. The Morgan fingerprint density at radius 1 is 1.19 bits per heavy atom. The molecule has 0 amide bonds. The third kappa shape index (κ3) is 4.42. The highest BCUT2D eigenvalue weighted by Gasteiger charge is 2.23. The number of hydrogen-bond acceptors (Lipinski definition) is 1. The molecule has 2 heteroatoms. The summed E-state index contributed by atoms with van der Waals surface area (Å²) in [5.41, 5.74) is 1.60. The third-order valence-corrected chi connectivity index (χ3v) is 7.60. The fourth-order valence-corrected chi connectivity index (χ4v) is 6.44. The van der Waals surface area contributed by atoms with Gasteiger partial charge in [0.15, 0.2) is 0 Å². The van der Waals surface area contributed by atoms with Crippen LogP contribution in [-0.2, 0) is 0 Å². The molecule has 0 heterocycles. The molecule has 1 unspecified atom stereocenters. The molecule has 1 aliphatic rings. The van der Waals surface area contributed by atoms with Gasteiger partial charge in [0, 0.05) is 0 Å². The van der Waals surface area contributed by atoms with Crippen LogP contribution in [0.2, 0.25) is 0 Å². The summed E-state index contributed by atoms with van der Waals surface area (Å²) in [5, 5.41) is 7.05. The topological polar surface area (TPSA) is 12.0 Å². The third-order valence-electron chi connectivity index (χ3n) is 4.31. The Kier molecular flexibility index (Phi) is 6.46. The number of benzene rings is 1. The summed E-state index contributed by atoms with van der Waals surface area (Å²) in [6.07, 6.45) is 9.65. The van der Waals surface area contributed by atoms with Gasteiger partial charge in [0.25, 0.3) is 0 Å². The molecular formula is C19H29NSi. The van der Waals surface area contributed by atoms with E-state index in [1.807, 2.05) is 0 Å². The first-order valence-electron chi connectivity index (χ1n) is 8.39. The van der Waals surface area contributed by atoms with Crippen molar-refractivity contribution in [3.8, 4) is 0 Å². The lowest BCUT2D eigenvalue weighted by molar-refractivity contribution is 0.693. The van der Waals surface area contributed by atoms with Gasteiger partial charge in [-0.25, -0.2) is 0 Å². The van der Waals surface area contributed by atoms with Crippen molar-refractivity contribution in [2.24, 2.45) is 5.92 Å². The van der Waals surface area contributed by atoms with Gasteiger partial charge in [0.2, 0.25) is 0 Å². The van der Waals surface area contributed by atoms with E-state index in [-0.39, 0.29) is 0 Å². The molecule has 1 nitrogen and oxygen atoms in total. The summed E-state index contributed by atoms with van der Waals surface area (Å²) < 4.78 is 0. The lowest BCUT2D eigenvalue weighted by Gasteiger charge is -2.21. The Hall–Kier alpha value is -1.12. The van der Waals surface area contributed by atoms with Crippen molar-refractivity contribution < 1.29 is 0 Å². The van der Waals surface area contributed by atoms with Crippen LogP contribution in [0.4, 0.5) is 0 Å². The van der Waals surface area contributed by atoms with Gasteiger partial charge in [-0.15, -0.1) is 0 Å². The normalized spacial score (nSPS) is 16.0. The second-order valence-electron chi connectivity index (χ2n) is 6.26. The van der Waals surface area contributed by atoms with Crippen LogP contribution in [-0.4, -0.2) is 21.5 Å². The Morgan fingerprint density at radius 2 is 1.95 bits per heavy atom. The van der Waals surface area contributed by atoms with Crippen molar-refractivity contribution >= 4 is 14.0 Å². The molecule has 2 rings (SSSR count). The van der Waals surface area contributed by atoms with Crippen LogP contribution < -0.4 is 10.5 Å². The first-order valence-corrected chi connectivity index (χ1v) is 10.4. The Bertz CT molecular complexity index is 488. The number of rotatable bonds is 8. The van der Waals surface area contributed by atoms with Crippen LogP contribution in [0, 0.1) is 5.92 Å². The molecule has 21 heavy (non-hydrogen) atoms. The predicted octanol–water partition coefficient (Wildman–Crippen LogP) is 3.50. The highest BCUT2D eigenvalue weighted by molar-refractivity contribution is 6.80. The molecule has 1 N–H and O–H groups in total. The van der Waals surface area contributed by atoms with Crippen LogP contribution >= 0.6 is 0 Å². The molecule has 0 bridgehead atoms. The average molecular weight is 300 g/mol. The maximum Gasteiger partial charge on any atom is 0.112 e. The summed E-state index contributed by atoms with van der Waals surface area (Å²) in [6, 6.07) is 11.2. The van der Waals surface area contributed by atoms with Crippen LogP contribution in [0.1, 0.15) is 40.0 Å². The number of unbranched alkanes of at least 4 members (excludes halogenated alkanes) is 1. The molecule has 1 aromatic carbocycles. The van der Waals surface area contributed by atoms with Gasteiger partial charge in [0.1, 0.15) is 8.80 Å².